The van der Waals surface area contributed by atoms with Gasteiger partial charge in [0.1, 0.15) is 6.04 Å². The van der Waals surface area contributed by atoms with Crippen LogP contribution in [0, 0.1) is 0 Å². The summed E-state index contributed by atoms with van der Waals surface area (Å²) in [5.41, 5.74) is 6.98. The number of nitrogens with one attached hydrogen (secondary N) is 1. The fourth-order valence-corrected chi connectivity index (χ4v) is 2.59. The Morgan fingerprint density at radius 3 is 2.55 bits per heavy atom. The van der Waals surface area contributed by atoms with Crippen molar-refractivity contribution in [1.29, 1.82) is 0 Å². The van der Waals surface area contributed by atoms with E-state index in [-0.39, 0.29) is 0 Å². The summed E-state index contributed by atoms with van der Waals surface area (Å²) in [7, 11) is 0. The van der Waals surface area contributed by atoms with Gasteiger partial charge >= 0.3 is 0 Å². The van der Waals surface area contributed by atoms with Crippen LogP contribution >= 0.6 is 43.5 Å². The van der Waals surface area contributed by atoms with Crippen molar-refractivity contribution in [2.45, 2.75) is 6.04 Å². The molecule has 1 atom stereocenters. The lowest BCUT2D eigenvalue weighted by Gasteiger charge is -2.18. The molecular formula is C14H11Br2ClN2O. The highest BCUT2D eigenvalue weighted by Crippen LogP contribution is 2.28. The molecule has 0 fully saturated rings. The third kappa shape index (κ3) is 3.75. The number of hydrogen-bond acceptors (Lipinski definition) is 2. The summed E-state index contributed by atoms with van der Waals surface area (Å²) < 4.78 is 1.69. The lowest BCUT2D eigenvalue weighted by atomic mass is 10.1. The number of nitrogens with two attached hydrogens (primary N) is 1. The van der Waals surface area contributed by atoms with Gasteiger partial charge < -0.3 is 11.1 Å². The van der Waals surface area contributed by atoms with Gasteiger partial charge in [-0.05, 0) is 51.8 Å². The van der Waals surface area contributed by atoms with Gasteiger partial charge in [-0.3, -0.25) is 4.79 Å². The van der Waals surface area contributed by atoms with Crippen molar-refractivity contribution >= 4 is 55.1 Å². The highest BCUT2D eigenvalue weighted by atomic mass is 79.9. The molecule has 0 aromatic heterocycles. The van der Waals surface area contributed by atoms with E-state index in [0.29, 0.717) is 10.6 Å². The summed E-state index contributed by atoms with van der Waals surface area (Å²) in [4.78, 5) is 11.7. The molecule has 3 nitrogen and oxygen atoms in total. The highest BCUT2D eigenvalue weighted by molar-refractivity contribution is 9.10. The minimum absolute atomic E-state index is 0.469. The Morgan fingerprint density at radius 2 is 1.95 bits per heavy atom. The number of anilines is 1. The van der Waals surface area contributed by atoms with Crippen LogP contribution < -0.4 is 11.1 Å². The predicted octanol–water partition coefficient (Wildman–Crippen LogP) is 4.50. The fourth-order valence-electron chi connectivity index (χ4n) is 1.76. The van der Waals surface area contributed by atoms with Crippen LogP contribution in [-0.4, -0.2) is 5.91 Å². The zero-order valence-electron chi connectivity index (χ0n) is 10.2. The molecule has 0 bridgehead atoms. The first-order chi connectivity index (χ1) is 9.47. The minimum Gasteiger partial charge on any atom is -0.370 e. The van der Waals surface area contributed by atoms with Crippen LogP contribution in [0.15, 0.2) is 51.4 Å². The molecule has 2 rings (SSSR count). The van der Waals surface area contributed by atoms with Crippen molar-refractivity contribution in [1.82, 2.24) is 0 Å². The van der Waals surface area contributed by atoms with Gasteiger partial charge in [0.25, 0.3) is 0 Å². The fraction of sp³-hybridized carbons (Fsp3) is 0.0714. The molecule has 3 N–H and O–H groups in total. The maximum absolute atomic E-state index is 11.7. The van der Waals surface area contributed by atoms with Crippen molar-refractivity contribution < 1.29 is 4.79 Å². The molecule has 1 unspecified atom stereocenters. The number of rotatable bonds is 4. The van der Waals surface area contributed by atoms with Crippen LogP contribution in [0.3, 0.4) is 0 Å². The lowest BCUT2D eigenvalue weighted by Crippen LogP contribution is -2.27. The Bertz CT molecular complexity index is 649. The second kappa shape index (κ2) is 6.61. The summed E-state index contributed by atoms with van der Waals surface area (Å²) in [6.07, 6.45) is 0. The van der Waals surface area contributed by atoms with E-state index in [4.69, 9.17) is 17.3 Å². The second-order valence-corrected chi connectivity index (χ2v) is 6.34. The van der Waals surface area contributed by atoms with E-state index >= 15 is 0 Å². The van der Waals surface area contributed by atoms with E-state index < -0.39 is 11.9 Å². The molecule has 0 spiro atoms. The quantitative estimate of drug-likeness (QED) is 0.768. The number of carbonyl (C=O) groups excluding carboxylic acids is 1. The Morgan fingerprint density at radius 1 is 1.20 bits per heavy atom. The zero-order valence-corrected chi connectivity index (χ0v) is 14.2. The van der Waals surface area contributed by atoms with E-state index in [0.717, 1.165) is 14.6 Å². The van der Waals surface area contributed by atoms with Crippen molar-refractivity contribution in [2.24, 2.45) is 5.73 Å². The zero-order chi connectivity index (χ0) is 14.7. The van der Waals surface area contributed by atoms with Crippen molar-refractivity contribution in [3.8, 4) is 0 Å². The predicted molar refractivity (Wildman–Crippen MR) is 88.9 cm³/mol. The SMILES string of the molecule is NC(=O)C(Nc1cccc(Br)c1)c1ccc(Br)c(Cl)c1. The number of halogens is 3. The molecule has 0 aliphatic rings. The lowest BCUT2D eigenvalue weighted by molar-refractivity contribution is -0.118. The monoisotopic (exact) mass is 416 g/mol. The molecule has 1 amide bonds. The van der Waals surface area contributed by atoms with Crippen LogP contribution in [0.4, 0.5) is 5.69 Å². The number of carbonyl (C=O) groups is 1. The van der Waals surface area contributed by atoms with Gasteiger partial charge in [-0.2, -0.15) is 0 Å². The number of amides is 1. The van der Waals surface area contributed by atoms with Crippen LogP contribution in [0.5, 0.6) is 0 Å². The molecule has 2 aromatic carbocycles. The molecule has 0 radical (unpaired) electrons. The molecule has 0 saturated carbocycles. The maximum atomic E-state index is 11.7. The number of benzene rings is 2. The standard InChI is InChI=1S/C14H11Br2ClN2O/c15-9-2-1-3-10(7-9)19-13(14(18)20)8-4-5-11(16)12(17)6-8/h1-7,13,19H,(H2,18,20). The van der Waals surface area contributed by atoms with Crippen molar-refractivity contribution in [3.63, 3.8) is 0 Å². The largest absolute Gasteiger partial charge is 0.370 e. The average molecular weight is 419 g/mol. The molecule has 20 heavy (non-hydrogen) atoms. The van der Waals surface area contributed by atoms with Crippen LogP contribution in [0.25, 0.3) is 0 Å². The smallest absolute Gasteiger partial charge is 0.244 e. The second-order valence-electron chi connectivity index (χ2n) is 4.16. The van der Waals surface area contributed by atoms with E-state index in [9.17, 15) is 4.79 Å². The van der Waals surface area contributed by atoms with Gasteiger partial charge in [0, 0.05) is 14.6 Å². The van der Waals surface area contributed by atoms with Crippen LogP contribution in [-0.2, 0) is 4.79 Å². The molecular weight excluding hydrogens is 407 g/mol. The number of primary amides is 1. The first-order valence-corrected chi connectivity index (χ1v) is 7.70. The van der Waals surface area contributed by atoms with Gasteiger partial charge in [-0.15, -0.1) is 0 Å². The molecule has 0 heterocycles. The molecule has 0 aliphatic heterocycles. The van der Waals surface area contributed by atoms with Crippen molar-refractivity contribution in [3.05, 3.63) is 62.0 Å². The highest BCUT2D eigenvalue weighted by Gasteiger charge is 2.18. The van der Waals surface area contributed by atoms with Gasteiger partial charge in [0.2, 0.25) is 5.91 Å². The third-order valence-corrected chi connectivity index (χ3v) is 4.42. The topological polar surface area (TPSA) is 55.1 Å². The van der Waals surface area contributed by atoms with E-state index in [2.05, 4.69) is 37.2 Å². The molecule has 104 valence electrons. The molecule has 2 aromatic rings. The molecule has 0 saturated heterocycles. The summed E-state index contributed by atoms with van der Waals surface area (Å²) in [5.74, 6) is -0.469. The van der Waals surface area contributed by atoms with E-state index in [1.165, 1.54) is 0 Å². The van der Waals surface area contributed by atoms with Crippen LogP contribution in [0.1, 0.15) is 11.6 Å². The maximum Gasteiger partial charge on any atom is 0.244 e. The van der Waals surface area contributed by atoms with Crippen molar-refractivity contribution in [2.75, 3.05) is 5.32 Å². The Labute approximate surface area is 138 Å². The Kier molecular flexibility index (Phi) is 5.07. The minimum atomic E-state index is -0.644. The normalized spacial score (nSPS) is 11.9. The van der Waals surface area contributed by atoms with E-state index in [1.54, 1.807) is 18.2 Å². The summed E-state index contributed by atoms with van der Waals surface area (Å²) in [5, 5.41) is 3.64. The molecule has 6 heteroatoms. The summed E-state index contributed by atoms with van der Waals surface area (Å²) in [6, 6.07) is 12.2. The van der Waals surface area contributed by atoms with Crippen LogP contribution in [0.2, 0.25) is 5.02 Å². The summed E-state index contributed by atoms with van der Waals surface area (Å²) in [6.45, 7) is 0. The average Bonchev–Trinajstić information content (AvgIpc) is 2.39. The summed E-state index contributed by atoms with van der Waals surface area (Å²) >= 11 is 12.8. The van der Waals surface area contributed by atoms with Gasteiger partial charge in [0.05, 0.1) is 5.02 Å². The van der Waals surface area contributed by atoms with Gasteiger partial charge in [-0.1, -0.05) is 39.7 Å². The first-order valence-electron chi connectivity index (χ1n) is 5.74. The van der Waals surface area contributed by atoms with E-state index in [1.807, 2.05) is 24.3 Å². The van der Waals surface area contributed by atoms with Gasteiger partial charge in [0.15, 0.2) is 0 Å². The third-order valence-electron chi connectivity index (χ3n) is 2.70. The number of hydrogen-bond donors (Lipinski definition) is 2. The first kappa shape index (κ1) is 15.4. The Balaban J connectivity index is 2.32. The van der Waals surface area contributed by atoms with Gasteiger partial charge in [-0.25, -0.2) is 0 Å². The Hall–Kier alpha value is -1.04. The molecule has 0 aliphatic carbocycles.